The van der Waals surface area contributed by atoms with Crippen molar-refractivity contribution >= 4 is 17.2 Å². The molecule has 134 valence electrons. The molecule has 0 radical (unpaired) electrons. The van der Waals surface area contributed by atoms with Gasteiger partial charge in [-0.05, 0) is 17.5 Å². The lowest BCUT2D eigenvalue weighted by molar-refractivity contribution is -0.130. The zero-order valence-electron chi connectivity index (χ0n) is 15.2. The van der Waals surface area contributed by atoms with Crippen LogP contribution in [0.15, 0.2) is 42.3 Å². The Balaban J connectivity index is 2.00. The van der Waals surface area contributed by atoms with Gasteiger partial charge in [0.25, 0.3) is 0 Å². The monoisotopic (exact) mass is 358 g/mol. The van der Waals surface area contributed by atoms with Crippen LogP contribution in [0.1, 0.15) is 49.4 Å². The highest BCUT2D eigenvalue weighted by Gasteiger charge is 2.13. The van der Waals surface area contributed by atoms with Crippen LogP contribution in [0, 0.1) is 0 Å². The quantitative estimate of drug-likeness (QED) is 0.606. The average Bonchev–Trinajstić information content (AvgIpc) is 3.06. The molecule has 2 aromatic rings. The zero-order valence-corrected chi connectivity index (χ0v) is 16.0. The molecular weight excluding hydrogens is 332 g/mol. The molecular formula is C20H26N2O2S. The number of ether oxygens (including phenoxy) is 1. The molecule has 0 atom stereocenters. The van der Waals surface area contributed by atoms with Crippen LogP contribution in [0.3, 0.4) is 0 Å². The van der Waals surface area contributed by atoms with Gasteiger partial charge in [0, 0.05) is 18.3 Å². The van der Waals surface area contributed by atoms with Crippen molar-refractivity contribution < 1.29 is 9.53 Å². The van der Waals surface area contributed by atoms with Gasteiger partial charge in [0.05, 0.1) is 12.2 Å². The third-order valence-corrected chi connectivity index (χ3v) is 4.72. The summed E-state index contributed by atoms with van der Waals surface area (Å²) < 4.78 is 5.97. The molecule has 4 nitrogen and oxygen atoms in total. The lowest BCUT2D eigenvalue weighted by atomic mass is 10.0. The number of para-hydroxylation sites is 1. The number of thiazole rings is 1. The minimum atomic E-state index is 0.108. The van der Waals surface area contributed by atoms with Crippen molar-refractivity contribution in [1.29, 1.82) is 0 Å². The van der Waals surface area contributed by atoms with E-state index in [-0.39, 0.29) is 5.91 Å². The summed E-state index contributed by atoms with van der Waals surface area (Å²) in [5.41, 5.74) is 2.09. The molecule has 0 aliphatic rings. The van der Waals surface area contributed by atoms with Gasteiger partial charge in [-0.25, -0.2) is 4.98 Å². The van der Waals surface area contributed by atoms with Gasteiger partial charge < -0.3 is 9.64 Å². The number of carbonyl (C=O) groups is 1. The number of rotatable bonds is 9. The van der Waals surface area contributed by atoms with E-state index >= 15 is 0 Å². The molecule has 0 aliphatic heterocycles. The van der Waals surface area contributed by atoms with Crippen LogP contribution in [0.4, 0.5) is 0 Å². The van der Waals surface area contributed by atoms with Gasteiger partial charge in [-0.1, -0.05) is 45.0 Å². The average molecular weight is 359 g/mol. The van der Waals surface area contributed by atoms with Crippen molar-refractivity contribution in [2.75, 3.05) is 6.54 Å². The van der Waals surface area contributed by atoms with E-state index in [1.165, 1.54) is 5.56 Å². The largest absolute Gasteiger partial charge is 0.486 e. The Morgan fingerprint density at radius 3 is 2.84 bits per heavy atom. The Kier molecular flexibility index (Phi) is 7.19. The number of aromatic nitrogens is 1. The maximum atomic E-state index is 12.0. The Labute approximate surface area is 154 Å². The molecule has 1 aromatic heterocycles. The molecule has 0 saturated heterocycles. The number of hydrogen-bond donors (Lipinski definition) is 0. The van der Waals surface area contributed by atoms with Gasteiger partial charge in [0.2, 0.25) is 5.91 Å². The Bertz CT molecular complexity index is 709. The van der Waals surface area contributed by atoms with Gasteiger partial charge >= 0.3 is 0 Å². The molecule has 1 heterocycles. The van der Waals surface area contributed by atoms with Crippen molar-refractivity contribution in [3.8, 4) is 5.75 Å². The molecule has 0 fully saturated rings. The highest BCUT2D eigenvalue weighted by atomic mass is 32.1. The van der Waals surface area contributed by atoms with E-state index in [9.17, 15) is 4.79 Å². The summed E-state index contributed by atoms with van der Waals surface area (Å²) in [4.78, 5) is 18.3. The fourth-order valence-electron chi connectivity index (χ4n) is 2.55. The van der Waals surface area contributed by atoms with Gasteiger partial charge in [-0.15, -0.1) is 17.9 Å². The molecule has 0 saturated carbocycles. The zero-order chi connectivity index (χ0) is 18.2. The first-order valence-corrected chi connectivity index (χ1v) is 9.46. The summed E-state index contributed by atoms with van der Waals surface area (Å²) in [6, 6.07) is 8.10. The van der Waals surface area contributed by atoms with Crippen LogP contribution in [-0.4, -0.2) is 22.3 Å². The smallest absolute Gasteiger partial charge is 0.222 e. The lowest BCUT2D eigenvalue weighted by Gasteiger charge is -2.19. The normalized spacial score (nSPS) is 10.7. The second-order valence-electron chi connectivity index (χ2n) is 6.13. The van der Waals surface area contributed by atoms with Crippen LogP contribution in [0.25, 0.3) is 0 Å². The van der Waals surface area contributed by atoms with Crippen molar-refractivity contribution in [1.82, 2.24) is 9.88 Å². The summed E-state index contributed by atoms with van der Waals surface area (Å²) in [5.74, 6) is 1.43. The van der Waals surface area contributed by atoms with Crippen molar-refractivity contribution in [2.24, 2.45) is 0 Å². The number of benzene rings is 1. The fraction of sp³-hybridized carbons (Fsp3) is 0.400. The summed E-state index contributed by atoms with van der Waals surface area (Å²) in [5, 5.41) is 2.91. The minimum absolute atomic E-state index is 0.108. The third kappa shape index (κ3) is 5.43. The molecule has 0 bridgehead atoms. The molecule has 1 aromatic carbocycles. The lowest BCUT2D eigenvalue weighted by Crippen LogP contribution is -2.30. The highest BCUT2D eigenvalue weighted by Crippen LogP contribution is 2.27. The predicted octanol–water partition coefficient (Wildman–Crippen LogP) is 4.77. The SMILES string of the molecule is C=CCN(Cc1csc(COc2ccccc2C(C)C)n1)C(=O)CC. The molecule has 25 heavy (non-hydrogen) atoms. The summed E-state index contributed by atoms with van der Waals surface area (Å²) >= 11 is 1.56. The van der Waals surface area contributed by atoms with Crippen LogP contribution >= 0.6 is 11.3 Å². The van der Waals surface area contributed by atoms with Gasteiger partial charge in [0.1, 0.15) is 17.4 Å². The van der Waals surface area contributed by atoms with Crippen LogP contribution in [0.5, 0.6) is 5.75 Å². The van der Waals surface area contributed by atoms with Gasteiger partial charge in [-0.2, -0.15) is 0 Å². The van der Waals surface area contributed by atoms with Crippen LogP contribution in [0.2, 0.25) is 0 Å². The van der Waals surface area contributed by atoms with Gasteiger partial charge in [-0.3, -0.25) is 4.79 Å². The Hall–Kier alpha value is -2.14. The van der Waals surface area contributed by atoms with E-state index in [2.05, 4.69) is 31.5 Å². The first-order valence-electron chi connectivity index (χ1n) is 8.58. The molecule has 0 spiro atoms. The molecule has 5 heteroatoms. The fourth-order valence-corrected chi connectivity index (χ4v) is 3.24. The first-order chi connectivity index (χ1) is 12.0. The molecule has 1 amide bonds. The summed E-state index contributed by atoms with van der Waals surface area (Å²) in [6.07, 6.45) is 2.23. The topological polar surface area (TPSA) is 42.4 Å². The second-order valence-corrected chi connectivity index (χ2v) is 7.07. The number of nitrogens with zero attached hydrogens (tertiary/aromatic N) is 2. The maximum absolute atomic E-state index is 12.0. The minimum Gasteiger partial charge on any atom is -0.486 e. The van der Waals surface area contributed by atoms with Gasteiger partial charge in [0.15, 0.2) is 0 Å². The Morgan fingerprint density at radius 1 is 1.40 bits per heavy atom. The molecule has 2 rings (SSSR count). The van der Waals surface area contributed by atoms with Crippen molar-refractivity contribution in [2.45, 2.75) is 46.3 Å². The van der Waals surface area contributed by atoms with Crippen molar-refractivity contribution in [3.05, 3.63) is 58.6 Å². The number of carbonyl (C=O) groups excluding carboxylic acids is 1. The third-order valence-electron chi connectivity index (χ3n) is 3.85. The van der Waals surface area contributed by atoms with E-state index in [0.29, 0.717) is 32.0 Å². The van der Waals surface area contributed by atoms with E-state index in [1.807, 2.05) is 30.5 Å². The van der Waals surface area contributed by atoms with Crippen molar-refractivity contribution in [3.63, 3.8) is 0 Å². The standard InChI is InChI=1S/C20H26N2O2S/c1-5-11-22(20(23)6-2)12-16-14-25-19(21-16)13-24-18-10-8-7-9-17(18)15(3)4/h5,7-10,14-15H,1,6,11-13H2,2-4H3. The van der Waals surface area contributed by atoms with E-state index in [4.69, 9.17) is 4.74 Å². The molecule has 0 unspecified atom stereocenters. The Morgan fingerprint density at radius 2 is 2.16 bits per heavy atom. The summed E-state index contributed by atoms with van der Waals surface area (Å²) in [6.45, 7) is 11.4. The van der Waals surface area contributed by atoms with Crippen LogP contribution in [-0.2, 0) is 17.9 Å². The predicted molar refractivity (Wildman–Crippen MR) is 103 cm³/mol. The van der Waals surface area contributed by atoms with Crippen LogP contribution < -0.4 is 4.74 Å². The van der Waals surface area contributed by atoms with E-state index < -0.39 is 0 Å². The highest BCUT2D eigenvalue weighted by molar-refractivity contribution is 7.09. The molecule has 0 N–H and O–H groups in total. The molecule has 0 aliphatic carbocycles. The van der Waals surface area contributed by atoms with E-state index in [1.54, 1.807) is 22.3 Å². The first kappa shape index (κ1) is 19.2. The second kappa shape index (κ2) is 9.37. The number of hydrogen-bond acceptors (Lipinski definition) is 4. The summed E-state index contributed by atoms with van der Waals surface area (Å²) in [7, 11) is 0. The van der Waals surface area contributed by atoms with E-state index in [0.717, 1.165) is 16.5 Å². The maximum Gasteiger partial charge on any atom is 0.222 e. The number of amides is 1.